The molecule has 6 heteroatoms. The van der Waals surface area contributed by atoms with E-state index in [-0.39, 0.29) is 11.8 Å². The van der Waals surface area contributed by atoms with Crippen LogP contribution >= 0.6 is 0 Å². The molecule has 0 spiro atoms. The van der Waals surface area contributed by atoms with Gasteiger partial charge < -0.3 is 10.2 Å². The number of aromatic nitrogens is 2. The smallest absolute Gasteiger partial charge is 0.253 e. The molecule has 1 fully saturated rings. The lowest BCUT2D eigenvalue weighted by Crippen LogP contribution is -2.38. The van der Waals surface area contributed by atoms with Gasteiger partial charge in [-0.1, -0.05) is 24.3 Å². The molecule has 1 N–H and O–H groups in total. The zero-order valence-corrected chi connectivity index (χ0v) is 16.9. The number of nitrogens with zero attached hydrogens (tertiary/aromatic N) is 3. The second-order valence-corrected chi connectivity index (χ2v) is 7.69. The highest BCUT2D eigenvalue weighted by Crippen LogP contribution is 2.24. The largest absolute Gasteiger partial charge is 0.339 e. The molecule has 3 aromatic rings. The second-order valence-electron chi connectivity index (χ2n) is 7.69. The fourth-order valence-electron chi connectivity index (χ4n) is 3.89. The normalized spacial score (nSPS) is 14.5. The van der Waals surface area contributed by atoms with Crippen LogP contribution in [0, 0.1) is 5.92 Å². The fourth-order valence-corrected chi connectivity index (χ4v) is 3.89. The third-order valence-corrected chi connectivity index (χ3v) is 5.60. The molecule has 4 rings (SSSR count). The zero-order chi connectivity index (χ0) is 20.8. The quantitative estimate of drug-likeness (QED) is 0.674. The van der Waals surface area contributed by atoms with Gasteiger partial charge in [0.25, 0.3) is 5.91 Å². The van der Waals surface area contributed by atoms with Gasteiger partial charge in [0.15, 0.2) is 0 Å². The van der Waals surface area contributed by atoms with Crippen molar-refractivity contribution in [3.63, 3.8) is 0 Å². The number of carbonyl (C=O) groups is 2. The van der Waals surface area contributed by atoms with Gasteiger partial charge in [0.05, 0.1) is 5.69 Å². The van der Waals surface area contributed by atoms with E-state index in [9.17, 15) is 9.59 Å². The van der Waals surface area contributed by atoms with Crippen molar-refractivity contribution in [2.24, 2.45) is 5.92 Å². The van der Waals surface area contributed by atoms with Crippen LogP contribution in [0.3, 0.4) is 0 Å². The van der Waals surface area contributed by atoms with Gasteiger partial charge in [-0.2, -0.15) is 5.10 Å². The first-order valence-electron chi connectivity index (χ1n) is 10.4. The van der Waals surface area contributed by atoms with Crippen molar-refractivity contribution in [3.05, 3.63) is 78.6 Å². The molecule has 0 bridgehead atoms. The summed E-state index contributed by atoms with van der Waals surface area (Å²) in [6.45, 7) is 1.46. The Labute approximate surface area is 176 Å². The first kappa shape index (κ1) is 19.9. The van der Waals surface area contributed by atoms with Crippen molar-refractivity contribution < 1.29 is 9.59 Å². The summed E-state index contributed by atoms with van der Waals surface area (Å²) in [7, 11) is 0. The average Bonchev–Trinajstić information content (AvgIpc) is 3.33. The predicted octanol–water partition coefficient (Wildman–Crippen LogP) is 4.14. The summed E-state index contributed by atoms with van der Waals surface area (Å²) in [5.74, 6) is 0.588. The highest BCUT2D eigenvalue weighted by atomic mass is 16.2. The second kappa shape index (κ2) is 9.39. The summed E-state index contributed by atoms with van der Waals surface area (Å²) >= 11 is 0. The number of hydrogen-bond acceptors (Lipinski definition) is 3. The molecule has 0 aliphatic carbocycles. The number of nitrogens with one attached hydrogen (secondary N) is 1. The monoisotopic (exact) mass is 402 g/mol. The van der Waals surface area contributed by atoms with E-state index < -0.39 is 0 Å². The molecule has 0 saturated carbocycles. The first-order valence-corrected chi connectivity index (χ1v) is 10.4. The van der Waals surface area contributed by atoms with Gasteiger partial charge in [0.1, 0.15) is 0 Å². The third kappa shape index (κ3) is 4.95. The minimum atomic E-state index is 0.0511. The van der Waals surface area contributed by atoms with Gasteiger partial charge in [-0.15, -0.1) is 0 Å². The van der Waals surface area contributed by atoms with Crippen LogP contribution in [0.25, 0.3) is 5.69 Å². The number of carbonyl (C=O) groups excluding carboxylic acids is 2. The molecular formula is C24H26N4O2. The van der Waals surface area contributed by atoms with Crippen LogP contribution in [0.1, 0.15) is 36.0 Å². The Morgan fingerprint density at radius 3 is 2.53 bits per heavy atom. The van der Waals surface area contributed by atoms with Crippen LogP contribution in [-0.2, 0) is 4.79 Å². The minimum absolute atomic E-state index is 0.0511. The standard InChI is InChI=1S/C24H26N4O2/c29-23(26-21-7-2-1-3-8-21)11-10-19-12-16-27(17-13-19)24(30)20-6-4-9-22(18-20)28-15-5-14-25-28/h1-9,14-15,18-19H,10-13,16-17H2,(H,26,29). The van der Waals surface area contributed by atoms with E-state index in [1.54, 1.807) is 10.9 Å². The topological polar surface area (TPSA) is 67.2 Å². The summed E-state index contributed by atoms with van der Waals surface area (Å²) in [6.07, 6.45) is 6.82. The van der Waals surface area contributed by atoms with Crippen LogP contribution in [-0.4, -0.2) is 39.6 Å². The predicted molar refractivity (Wildman–Crippen MR) is 116 cm³/mol. The SMILES string of the molecule is O=C(CCC1CCN(C(=O)c2cccc(-n3cccn3)c2)CC1)Nc1ccccc1. The van der Waals surface area contributed by atoms with Crippen molar-refractivity contribution in [2.75, 3.05) is 18.4 Å². The van der Waals surface area contributed by atoms with Gasteiger partial charge in [-0.05, 0) is 61.6 Å². The molecular weight excluding hydrogens is 376 g/mol. The Balaban J connectivity index is 1.26. The molecule has 0 radical (unpaired) electrons. The van der Waals surface area contributed by atoms with E-state index in [0.29, 0.717) is 17.9 Å². The lowest BCUT2D eigenvalue weighted by Gasteiger charge is -2.32. The van der Waals surface area contributed by atoms with Crippen molar-refractivity contribution in [1.29, 1.82) is 0 Å². The maximum atomic E-state index is 12.9. The van der Waals surface area contributed by atoms with Gasteiger partial charge in [-0.3, -0.25) is 9.59 Å². The van der Waals surface area contributed by atoms with Crippen LogP contribution in [0.4, 0.5) is 5.69 Å². The molecule has 0 atom stereocenters. The number of anilines is 1. The van der Waals surface area contributed by atoms with E-state index in [1.807, 2.05) is 71.8 Å². The lowest BCUT2D eigenvalue weighted by molar-refractivity contribution is -0.116. The van der Waals surface area contributed by atoms with E-state index in [0.717, 1.165) is 43.7 Å². The molecule has 2 aromatic carbocycles. The molecule has 0 unspecified atom stereocenters. The van der Waals surface area contributed by atoms with E-state index in [1.165, 1.54) is 0 Å². The summed E-state index contributed by atoms with van der Waals surface area (Å²) in [6, 6.07) is 19.0. The summed E-state index contributed by atoms with van der Waals surface area (Å²) in [5, 5.41) is 7.17. The average molecular weight is 402 g/mol. The van der Waals surface area contributed by atoms with Crippen LogP contribution in [0.15, 0.2) is 73.1 Å². The maximum absolute atomic E-state index is 12.9. The molecule has 1 aliphatic heterocycles. The van der Waals surface area contributed by atoms with Crippen molar-refractivity contribution in [1.82, 2.24) is 14.7 Å². The minimum Gasteiger partial charge on any atom is -0.339 e. The molecule has 30 heavy (non-hydrogen) atoms. The van der Waals surface area contributed by atoms with Crippen LogP contribution in [0.2, 0.25) is 0 Å². The van der Waals surface area contributed by atoms with Crippen LogP contribution < -0.4 is 5.32 Å². The summed E-state index contributed by atoms with van der Waals surface area (Å²) < 4.78 is 1.75. The molecule has 2 heterocycles. The van der Waals surface area contributed by atoms with E-state index in [4.69, 9.17) is 0 Å². The highest BCUT2D eigenvalue weighted by Gasteiger charge is 2.24. The van der Waals surface area contributed by atoms with Gasteiger partial charge in [-0.25, -0.2) is 4.68 Å². The fraction of sp³-hybridized carbons (Fsp3) is 0.292. The zero-order valence-electron chi connectivity index (χ0n) is 16.9. The lowest BCUT2D eigenvalue weighted by atomic mass is 9.91. The molecule has 1 aliphatic rings. The van der Waals surface area contributed by atoms with Crippen molar-refractivity contribution in [3.8, 4) is 5.69 Å². The number of likely N-dealkylation sites (tertiary alicyclic amines) is 1. The van der Waals surface area contributed by atoms with Gasteiger partial charge >= 0.3 is 0 Å². The highest BCUT2D eigenvalue weighted by molar-refractivity contribution is 5.94. The van der Waals surface area contributed by atoms with Gasteiger partial charge in [0, 0.05) is 43.2 Å². The Hall–Kier alpha value is -3.41. The number of amides is 2. The molecule has 1 saturated heterocycles. The summed E-state index contributed by atoms with van der Waals surface area (Å²) in [4.78, 5) is 27.0. The number of piperidine rings is 1. The third-order valence-electron chi connectivity index (χ3n) is 5.60. The van der Waals surface area contributed by atoms with Crippen molar-refractivity contribution in [2.45, 2.75) is 25.7 Å². The van der Waals surface area contributed by atoms with E-state index in [2.05, 4.69) is 10.4 Å². The maximum Gasteiger partial charge on any atom is 0.253 e. The molecule has 2 amide bonds. The summed E-state index contributed by atoms with van der Waals surface area (Å²) in [5.41, 5.74) is 2.40. The Morgan fingerprint density at radius 2 is 1.80 bits per heavy atom. The Kier molecular flexibility index (Phi) is 6.23. The van der Waals surface area contributed by atoms with E-state index >= 15 is 0 Å². The Bertz CT molecular complexity index is 977. The Morgan fingerprint density at radius 1 is 1.00 bits per heavy atom. The van der Waals surface area contributed by atoms with Crippen molar-refractivity contribution >= 4 is 17.5 Å². The number of hydrogen-bond donors (Lipinski definition) is 1. The van der Waals surface area contributed by atoms with Gasteiger partial charge in [0.2, 0.25) is 5.91 Å². The first-order chi connectivity index (χ1) is 14.7. The molecule has 1 aromatic heterocycles. The number of benzene rings is 2. The molecule has 6 nitrogen and oxygen atoms in total. The number of rotatable bonds is 6. The van der Waals surface area contributed by atoms with Crippen LogP contribution in [0.5, 0.6) is 0 Å². The number of para-hydroxylation sites is 1. The molecule has 154 valence electrons.